The Morgan fingerprint density at radius 3 is 2.47 bits per heavy atom. The number of carbonyl (C=O) groups excluding carboxylic acids is 1. The highest BCUT2D eigenvalue weighted by Crippen LogP contribution is 2.30. The van der Waals surface area contributed by atoms with Gasteiger partial charge in [-0.3, -0.25) is 4.79 Å². The zero-order valence-electron chi connectivity index (χ0n) is 9.29. The molecule has 1 atom stereocenters. The zero-order chi connectivity index (χ0) is 10.8. The van der Waals surface area contributed by atoms with E-state index in [0.717, 1.165) is 17.6 Å². The molecule has 0 radical (unpaired) electrons. The SMILES string of the molecule is CC[C@H]1C=C(c2ccc(C)cc2)C(=O)C1. The number of aryl methyl sites for hydroxylation is 1. The second-order valence-electron chi connectivity index (χ2n) is 4.24. The molecule has 1 aliphatic carbocycles. The van der Waals surface area contributed by atoms with Gasteiger partial charge in [-0.2, -0.15) is 0 Å². The van der Waals surface area contributed by atoms with E-state index in [1.54, 1.807) is 0 Å². The number of Topliss-reactive ketones (excluding diaryl/α,β-unsaturated/α-hetero) is 1. The maximum absolute atomic E-state index is 11.8. The molecule has 0 heterocycles. The maximum atomic E-state index is 11.8. The second kappa shape index (κ2) is 4.01. The first-order valence-corrected chi connectivity index (χ1v) is 5.52. The van der Waals surface area contributed by atoms with Gasteiger partial charge in [-0.05, 0) is 24.8 Å². The Morgan fingerprint density at radius 1 is 1.27 bits per heavy atom. The lowest BCUT2D eigenvalue weighted by Crippen LogP contribution is -1.97. The average molecular weight is 200 g/mol. The Hall–Kier alpha value is -1.37. The van der Waals surface area contributed by atoms with Gasteiger partial charge in [0.05, 0.1) is 0 Å². The minimum absolute atomic E-state index is 0.297. The third-order valence-electron chi connectivity index (χ3n) is 3.04. The first kappa shape index (κ1) is 10.2. The van der Waals surface area contributed by atoms with Crippen LogP contribution in [0.4, 0.5) is 0 Å². The summed E-state index contributed by atoms with van der Waals surface area (Å²) in [5.74, 6) is 0.750. The molecule has 1 aliphatic rings. The van der Waals surface area contributed by atoms with Crippen molar-refractivity contribution >= 4 is 11.4 Å². The normalized spacial score (nSPS) is 20.5. The molecule has 0 amide bonds. The van der Waals surface area contributed by atoms with E-state index in [0.29, 0.717) is 18.1 Å². The van der Waals surface area contributed by atoms with Gasteiger partial charge in [0.1, 0.15) is 0 Å². The molecule has 0 bridgehead atoms. The summed E-state index contributed by atoms with van der Waals surface area (Å²) in [6.45, 7) is 4.19. The molecular formula is C14H16O. The number of ketones is 1. The van der Waals surface area contributed by atoms with Gasteiger partial charge in [0.2, 0.25) is 0 Å². The average Bonchev–Trinajstić information content (AvgIpc) is 2.61. The van der Waals surface area contributed by atoms with Crippen molar-refractivity contribution in [3.05, 3.63) is 41.5 Å². The quantitative estimate of drug-likeness (QED) is 0.715. The summed E-state index contributed by atoms with van der Waals surface area (Å²) in [5.41, 5.74) is 3.22. The van der Waals surface area contributed by atoms with Crippen LogP contribution in [0.3, 0.4) is 0 Å². The van der Waals surface area contributed by atoms with Crippen molar-refractivity contribution in [2.45, 2.75) is 26.7 Å². The maximum Gasteiger partial charge on any atom is 0.163 e. The largest absolute Gasteiger partial charge is 0.294 e. The molecule has 1 aromatic rings. The van der Waals surface area contributed by atoms with Crippen LogP contribution in [0.5, 0.6) is 0 Å². The number of benzene rings is 1. The Labute approximate surface area is 90.8 Å². The van der Waals surface area contributed by atoms with Crippen LogP contribution in [0.15, 0.2) is 30.3 Å². The fourth-order valence-electron chi connectivity index (χ4n) is 1.99. The van der Waals surface area contributed by atoms with E-state index in [1.807, 2.05) is 12.1 Å². The number of allylic oxidation sites excluding steroid dienone is 2. The van der Waals surface area contributed by atoms with Crippen molar-refractivity contribution in [2.75, 3.05) is 0 Å². The molecule has 0 fully saturated rings. The summed E-state index contributed by atoms with van der Waals surface area (Å²) < 4.78 is 0. The Morgan fingerprint density at radius 2 is 1.93 bits per heavy atom. The summed E-state index contributed by atoms with van der Waals surface area (Å²) in [5, 5.41) is 0. The lowest BCUT2D eigenvalue weighted by Gasteiger charge is -2.00. The number of rotatable bonds is 2. The topological polar surface area (TPSA) is 17.1 Å². The molecule has 15 heavy (non-hydrogen) atoms. The van der Waals surface area contributed by atoms with E-state index < -0.39 is 0 Å². The van der Waals surface area contributed by atoms with Crippen molar-refractivity contribution in [3.8, 4) is 0 Å². The zero-order valence-corrected chi connectivity index (χ0v) is 9.29. The van der Waals surface area contributed by atoms with Crippen LogP contribution >= 0.6 is 0 Å². The summed E-state index contributed by atoms with van der Waals surface area (Å²) in [7, 11) is 0. The first-order valence-electron chi connectivity index (χ1n) is 5.52. The second-order valence-corrected chi connectivity index (χ2v) is 4.24. The van der Waals surface area contributed by atoms with Gasteiger partial charge in [0.25, 0.3) is 0 Å². The van der Waals surface area contributed by atoms with Gasteiger partial charge in [-0.25, -0.2) is 0 Å². The molecule has 78 valence electrons. The van der Waals surface area contributed by atoms with E-state index in [2.05, 4.69) is 32.1 Å². The molecule has 0 N–H and O–H groups in total. The molecule has 0 unspecified atom stereocenters. The fourth-order valence-corrected chi connectivity index (χ4v) is 1.99. The third kappa shape index (κ3) is 2.01. The van der Waals surface area contributed by atoms with Crippen molar-refractivity contribution in [1.29, 1.82) is 0 Å². The number of carbonyl (C=O) groups is 1. The van der Waals surface area contributed by atoms with Gasteiger partial charge in [0.15, 0.2) is 5.78 Å². The standard InChI is InChI=1S/C14H16O/c1-3-11-8-13(14(15)9-11)12-6-4-10(2)5-7-12/h4-8,11H,3,9H2,1-2H3/t11-/m0/s1. The smallest absolute Gasteiger partial charge is 0.163 e. The number of hydrogen-bond acceptors (Lipinski definition) is 1. The molecule has 1 heteroatoms. The number of hydrogen-bond donors (Lipinski definition) is 0. The molecular weight excluding hydrogens is 184 g/mol. The predicted octanol–water partition coefficient (Wildman–Crippen LogP) is 3.38. The van der Waals surface area contributed by atoms with Gasteiger partial charge in [-0.1, -0.05) is 42.8 Å². The van der Waals surface area contributed by atoms with E-state index in [9.17, 15) is 4.79 Å². The van der Waals surface area contributed by atoms with Gasteiger partial charge in [0, 0.05) is 12.0 Å². The molecule has 2 rings (SSSR count). The fraction of sp³-hybridized carbons (Fsp3) is 0.357. The summed E-state index contributed by atoms with van der Waals surface area (Å²) in [4.78, 5) is 11.8. The van der Waals surface area contributed by atoms with E-state index >= 15 is 0 Å². The van der Waals surface area contributed by atoms with Crippen molar-refractivity contribution in [3.63, 3.8) is 0 Å². The summed E-state index contributed by atoms with van der Waals surface area (Å²) in [6.07, 6.45) is 3.88. The lowest BCUT2D eigenvalue weighted by molar-refractivity contribution is -0.113. The Kier molecular flexibility index (Phi) is 2.72. The van der Waals surface area contributed by atoms with Crippen LogP contribution in [0.2, 0.25) is 0 Å². The van der Waals surface area contributed by atoms with Crippen molar-refractivity contribution in [2.24, 2.45) is 5.92 Å². The van der Waals surface area contributed by atoms with Crippen LogP contribution in [0.1, 0.15) is 30.9 Å². The molecule has 0 spiro atoms. The van der Waals surface area contributed by atoms with Crippen LogP contribution in [-0.4, -0.2) is 5.78 Å². The minimum atomic E-state index is 0.297. The Balaban J connectivity index is 2.31. The van der Waals surface area contributed by atoms with Crippen molar-refractivity contribution < 1.29 is 4.79 Å². The highest BCUT2D eigenvalue weighted by molar-refractivity contribution is 6.22. The summed E-state index contributed by atoms with van der Waals surface area (Å²) in [6, 6.07) is 8.19. The van der Waals surface area contributed by atoms with E-state index in [1.165, 1.54) is 5.56 Å². The molecule has 0 saturated heterocycles. The van der Waals surface area contributed by atoms with Gasteiger partial charge in [-0.15, -0.1) is 0 Å². The highest BCUT2D eigenvalue weighted by atomic mass is 16.1. The van der Waals surface area contributed by atoms with E-state index in [4.69, 9.17) is 0 Å². The molecule has 1 nitrogen and oxygen atoms in total. The Bertz CT molecular complexity index is 398. The van der Waals surface area contributed by atoms with Crippen molar-refractivity contribution in [1.82, 2.24) is 0 Å². The third-order valence-corrected chi connectivity index (χ3v) is 3.04. The van der Waals surface area contributed by atoms with Crippen LogP contribution in [0.25, 0.3) is 5.57 Å². The van der Waals surface area contributed by atoms with Crippen LogP contribution in [-0.2, 0) is 4.79 Å². The van der Waals surface area contributed by atoms with Crippen LogP contribution in [0, 0.1) is 12.8 Å². The predicted molar refractivity (Wildman–Crippen MR) is 62.6 cm³/mol. The van der Waals surface area contributed by atoms with Crippen LogP contribution < -0.4 is 0 Å². The molecule has 1 aromatic carbocycles. The molecule has 0 aromatic heterocycles. The highest BCUT2D eigenvalue weighted by Gasteiger charge is 2.23. The summed E-state index contributed by atoms with van der Waals surface area (Å²) >= 11 is 0. The van der Waals surface area contributed by atoms with Gasteiger partial charge >= 0.3 is 0 Å². The first-order chi connectivity index (χ1) is 7.20. The minimum Gasteiger partial charge on any atom is -0.294 e. The lowest BCUT2D eigenvalue weighted by atomic mass is 10.0. The molecule has 0 aliphatic heterocycles. The van der Waals surface area contributed by atoms with E-state index in [-0.39, 0.29) is 0 Å². The van der Waals surface area contributed by atoms with Gasteiger partial charge < -0.3 is 0 Å². The monoisotopic (exact) mass is 200 g/mol. The molecule has 0 saturated carbocycles.